The minimum atomic E-state index is -0.403. The molecule has 0 atom stereocenters. The number of piperidine rings is 1. The van der Waals surface area contributed by atoms with Gasteiger partial charge in [0.15, 0.2) is 5.11 Å². The number of likely N-dealkylation sites (tertiary alicyclic amines) is 1. The summed E-state index contributed by atoms with van der Waals surface area (Å²) in [5.74, 6) is -0.768. The van der Waals surface area contributed by atoms with Crippen LogP contribution in [0.25, 0.3) is 0 Å². The first-order valence-corrected chi connectivity index (χ1v) is 10.1. The summed E-state index contributed by atoms with van der Waals surface area (Å²) in [6.45, 7) is 3.82. The largest absolute Gasteiger partial charge is 0.466 e. The van der Waals surface area contributed by atoms with Crippen molar-refractivity contribution in [2.45, 2.75) is 45.4 Å². The van der Waals surface area contributed by atoms with Crippen LogP contribution in [-0.2, 0) is 14.3 Å². The van der Waals surface area contributed by atoms with Gasteiger partial charge in [-0.25, -0.2) is 0 Å². The SMILES string of the molecule is CCCOC(=O)CCC(=O)NC(=S)Nc1cccc(C(=O)N2CCCCC2)c1. The molecule has 1 heterocycles. The van der Waals surface area contributed by atoms with E-state index in [4.69, 9.17) is 17.0 Å². The minimum absolute atomic E-state index is 0.00213. The summed E-state index contributed by atoms with van der Waals surface area (Å²) in [4.78, 5) is 37.8. The van der Waals surface area contributed by atoms with E-state index >= 15 is 0 Å². The van der Waals surface area contributed by atoms with Gasteiger partial charge in [0.1, 0.15) is 0 Å². The number of hydrogen-bond donors (Lipinski definition) is 2. The number of nitrogens with one attached hydrogen (secondary N) is 2. The lowest BCUT2D eigenvalue weighted by atomic mass is 10.1. The van der Waals surface area contributed by atoms with Crippen LogP contribution in [0, 0.1) is 0 Å². The van der Waals surface area contributed by atoms with Gasteiger partial charge in [0.25, 0.3) is 5.91 Å². The molecule has 2 N–H and O–H groups in total. The molecule has 0 aliphatic carbocycles. The first kappa shape index (κ1) is 21.8. The van der Waals surface area contributed by atoms with Crippen molar-refractivity contribution in [1.82, 2.24) is 10.2 Å². The topological polar surface area (TPSA) is 87.7 Å². The van der Waals surface area contributed by atoms with Crippen molar-refractivity contribution in [1.29, 1.82) is 0 Å². The van der Waals surface area contributed by atoms with E-state index < -0.39 is 5.97 Å². The Bertz CT molecular complexity index is 717. The fourth-order valence-corrected chi connectivity index (χ4v) is 3.10. The summed E-state index contributed by atoms with van der Waals surface area (Å²) in [6.07, 6.45) is 3.98. The van der Waals surface area contributed by atoms with Crippen LogP contribution in [0.3, 0.4) is 0 Å². The van der Waals surface area contributed by atoms with E-state index in [1.807, 2.05) is 11.8 Å². The number of rotatable bonds is 7. The molecule has 0 spiro atoms. The number of nitrogens with zero attached hydrogens (tertiary/aromatic N) is 1. The molecular formula is C20H27N3O4S. The number of hydrogen-bond acceptors (Lipinski definition) is 5. The molecule has 8 heteroatoms. The van der Waals surface area contributed by atoms with Crippen LogP contribution in [0.4, 0.5) is 5.69 Å². The average molecular weight is 406 g/mol. The Morgan fingerprint density at radius 3 is 2.61 bits per heavy atom. The van der Waals surface area contributed by atoms with E-state index in [2.05, 4.69) is 10.6 Å². The van der Waals surface area contributed by atoms with Crippen LogP contribution in [0.2, 0.25) is 0 Å². The van der Waals surface area contributed by atoms with Crippen molar-refractivity contribution in [3.8, 4) is 0 Å². The van der Waals surface area contributed by atoms with Crippen LogP contribution in [0.5, 0.6) is 0 Å². The molecule has 28 heavy (non-hydrogen) atoms. The summed E-state index contributed by atoms with van der Waals surface area (Å²) in [5.41, 5.74) is 1.20. The van der Waals surface area contributed by atoms with Crippen molar-refractivity contribution in [2.24, 2.45) is 0 Å². The zero-order chi connectivity index (χ0) is 20.4. The van der Waals surface area contributed by atoms with Gasteiger partial charge >= 0.3 is 5.97 Å². The van der Waals surface area contributed by atoms with E-state index in [0.717, 1.165) is 38.8 Å². The van der Waals surface area contributed by atoms with Crippen molar-refractivity contribution in [2.75, 3.05) is 25.0 Å². The van der Waals surface area contributed by atoms with E-state index in [0.29, 0.717) is 17.9 Å². The molecular weight excluding hydrogens is 378 g/mol. The molecule has 7 nitrogen and oxygen atoms in total. The lowest BCUT2D eigenvalue weighted by Gasteiger charge is -2.26. The number of amides is 2. The zero-order valence-electron chi connectivity index (χ0n) is 16.2. The Hall–Kier alpha value is -2.48. The first-order valence-electron chi connectivity index (χ1n) is 9.65. The Kier molecular flexibility index (Phi) is 8.87. The highest BCUT2D eigenvalue weighted by Crippen LogP contribution is 2.16. The molecule has 1 aliphatic heterocycles. The van der Waals surface area contributed by atoms with Crippen molar-refractivity contribution < 1.29 is 19.1 Å². The summed E-state index contributed by atoms with van der Waals surface area (Å²) < 4.78 is 4.92. The van der Waals surface area contributed by atoms with Gasteiger partial charge in [-0.15, -0.1) is 0 Å². The van der Waals surface area contributed by atoms with Gasteiger partial charge in [-0.2, -0.15) is 0 Å². The molecule has 1 aromatic rings. The lowest BCUT2D eigenvalue weighted by Crippen LogP contribution is -2.36. The fraction of sp³-hybridized carbons (Fsp3) is 0.500. The summed E-state index contributed by atoms with van der Waals surface area (Å²) >= 11 is 5.14. The number of thiocarbonyl (C=S) groups is 1. The Morgan fingerprint density at radius 2 is 1.89 bits per heavy atom. The second-order valence-electron chi connectivity index (χ2n) is 6.66. The van der Waals surface area contributed by atoms with Crippen LogP contribution in [0.15, 0.2) is 24.3 Å². The quantitative estimate of drug-likeness (QED) is 0.536. The Morgan fingerprint density at radius 1 is 1.14 bits per heavy atom. The van der Waals surface area contributed by atoms with Gasteiger partial charge < -0.3 is 20.3 Å². The number of ether oxygens (including phenoxy) is 1. The van der Waals surface area contributed by atoms with Crippen molar-refractivity contribution in [3.63, 3.8) is 0 Å². The molecule has 0 radical (unpaired) electrons. The van der Waals surface area contributed by atoms with E-state index in [9.17, 15) is 14.4 Å². The Labute approximate surface area is 170 Å². The number of carbonyl (C=O) groups is 3. The van der Waals surface area contributed by atoms with Crippen LogP contribution in [-0.4, -0.2) is 47.5 Å². The third-order valence-corrected chi connectivity index (χ3v) is 4.49. The molecule has 1 saturated heterocycles. The molecule has 2 rings (SSSR count). The smallest absolute Gasteiger partial charge is 0.306 e. The maximum Gasteiger partial charge on any atom is 0.306 e. The highest BCUT2D eigenvalue weighted by molar-refractivity contribution is 7.80. The normalized spacial score (nSPS) is 13.5. The third-order valence-electron chi connectivity index (χ3n) is 4.29. The number of carbonyl (C=O) groups excluding carboxylic acids is 3. The molecule has 2 amide bonds. The van der Waals surface area contributed by atoms with Crippen LogP contribution in [0.1, 0.15) is 55.8 Å². The highest BCUT2D eigenvalue weighted by Gasteiger charge is 2.18. The molecule has 152 valence electrons. The molecule has 0 saturated carbocycles. The molecule has 1 aliphatic rings. The average Bonchev–Trinajstić information content (AvgIpc) is 2.70. The van der Waals surface area contributed by atoms with Crippen molar-refractivity contribution >= 4 is 40.8 Å². The van der Waals surface area contributed by atoms with Gasteiger partial charge in [-0.05, 0) is 56.1 Å². The van der Waals surface area contributed by atoms with Crippen LogP contribution < -0.4 is 10.6 Å². The van der Waals surface area contributed by atoms with Gasteiger partial charge in [-0.1, -0.05) is 13.0 Å². The van der Waals surface area contributed by atoms with Gasteiger partial charge in [-0.3, -0.25) is 14.4 Å². The summed E-state index contributed by atoms with van der Waals surface area (Å²) in [5, 5.41) is 5.56. The standard InChI is InChI=1S/C20H27N3O4S/c1-2-13-27-18(25)10-9-17(24)22-20(28)21-16-8-6-7-15(14-16)19(26)23-11-4-3-5-12-23/h6-8,14H,2-5,9-13H2,1H3,(H2,21,22,24,28). The maximum absolute atomic E-state index is 12.6. The predicted octanol–water partition coefficient (Wildman–Crippen LogP) is 2.86. The van der Waals surface area contributed by atoms with E-state index in [1.54, 1.807) is 24.3 Å². The summed E-state index contributed by atoms with van der Waals surface area (Å²) in [7, 11) is 0. The van der Waals surface area contributed by atoms with Gasteiger partial charge in [0, 0.05) is 30.8 Å². The lowest BCUT2D eigenvalue weighted by molar-refractivity contribution is -0.144. The second kappa shape index (κ2) is 11.4. The molecule has 1 aromatic carbocycles. The monoisotopic (exact) mass is 405 g/mol. The Balaban J connectivity index is 1.82. The second-order valence-corrected chi connectivity index (χ2v) is 7.06. The summed E-state index contributed by atoms with van der Waals surface area (Å²) in [6, 6.07) is 7.03. The third kappa shape index (κ3) is 7.26. The number of anilines is 1. The predicted molar refractivity (Wildman–Crippen MR) is 111 cm³/mol. The van der Waals surface area contributed by atoms with Gasteiger partial charge in [0.2, 0.25) is 5.91 Å². The van der Waals surface area contributed by atoms with E-state index in [1.165, 1.54) is 0 Å². The molecule has 1 fully saturated rings. The van der Waals surface area contributed by atoms with Crippen LogP contribution >= 0.6 is 12.2 Å². The fourth-order valence-electron chi connectivity index (χ4n) is 2.86. The van der Waals surface area contributed by atoms with Gasteiger partial charge in [0.05, 0.1) is 13.0 Å². The molecule has 0 unspecified atom stereocenters. The first-order chi connectivity index (χ1) is 13.5. The maximum atomic E-state index is 12.6. The zero-order valence-corrected chi connectivity index (χ0v) is 17.0. The van der Waals surface area contributed by atoms with Crippen molar-refractivity contribution in [3.05, 3.63) is 29.8 Å². The highest BCUT2D eigenvalue weighted by atomic mass is 32.1. The minimum Gasteiger partial charge on any atom is -0.466 e. The number of benzene rings is 1. The molecule has 0 bridgehead atoms. The number of esters is 1. The van der Waals surface area contributed by atoms with E-state index in [-0.39, 0.29) is 29.8 Å². The molecule has 0 aromatic heterocycles.